The fourth-order valence-corrected chi connectivity index (χ4v) is 7.94. The zero-order chi connectivity index (χ0) is 24.8. The monoisotopic (exact) mass is 472 g/mol. The second-order valence-corrected chi connectivity index (χ2v) is 12.1. The molecule has 3 aliphatic rings. The molecule has 3 aromatic rings. The molecule has 4 nitrogen and oxygen atoms in total. The predicted octanol–water partition coefficient (Wildman–Crippen LogP) is 6.88. The molecule has 0 amide bonds. The highest BCUT2D eigenvalue weighted by Gasteiger charge is 2.69. The molecule has 6 rings (SSSR count). The molecule has 1 aromatic heterocycles. The molecule has 0 N–H and O–H groups in total. The number of benzene rings is 2. The molecule has 1 spiro atoms. The van der Waals surface area contributed by atoms with E-state index >= 15 is 0 Å². The molecule has 182 valence electrons. The summed E-state index contributed by atoms with van der Waals surface area (Å²) in [4.78, 5) is 13.8. The Bertz CT molecular complexity index is 1320. The lowest BCUT2D eigenvalue weighted by Gasteiger charge is -2.55. The first kappa shape index (κ1) is 22.5. The Hall–Kier alpha value is -2.95. The largest absolute Gasteiger partial charge is 0.497 e. The molecule has 1 heterocycles. The maximum absolute atomic E-state index is 13.8. The highest BCUT2D eigenvalue weighted by Crippen LogP contribution is 2.77. The van der Waals surface area contributed by atoms with Gasteiger partial charge in [-0.2, -0.15) is 9.78 Å². The number of nitrogens with zero attached hydrogens (tertiary/aromatic N) is 2. The number of halogens is 1. The van der Waals surface area contributed by atoms with Gasteiger partial charge < -0.3 is 4.74 Å². The number of carbonyl (C=O) groups is 1. The highest BCUT2D eigenvalue weighted by molar-refractivity contribution is 5.98. The lowest BCUT2D eigenvalue weighted by molar-refractivity contribution is 0.00338. The summed E-state index contributed by atoms with van der Waals surface area (Å²) in [6, 6.07) is 13.6. The van der Waals surface area contributed by atoms with Crippen LogP contribution in [0.5, 0.6) is 5.75 Å². The molecule has 0 saturated heterocycles. The molecule has 2 bridgehead atoms. The Labute approximate surface area is 206 Å². The van der Waals surface area contributed by atoms with Gasteiger partial charge in [0.05, 0.1) is 18.5 Å². The van der Waals surface area contributed by atoms with Crippen molar-refractivity contribution in [2.45, 2.75) is 59.3 Å². The third-order valence-electron chi connectivity index (χ3n) is 9.80. The molecule has 0 radical (unpaired) electrons. The molecule has 5 heteroatoms. The zero-order valence-electron chi connectivity index (χ0n) is 21.2. The second-order valence-electron chi connectivity index (χ2n) is 12.1. The summed E-state index contributed by atoms with van der Waals surface area (Å²) in [6.07, 6.45) is 4.64. The van der Waals surface area contributed by atoms with Crippen molar-refractivity contribution < 1.29 is 13.9 Å². The number of fused-ring (bicyclic) bond motifs is 3. The van der Waals surface area contributed by atoms with Gasteiger partial charge in [-0.1, -0.05) is 27.7 Å². The van der Waals surface area contributed by atoms with E-state index < -0.39 is 0 Å². The van der Waals surface area contributed by atoms with Gasteiger partial charge in [-0.3, -0.25) is 4.79 Å². The minimum atomic E-state index is -0.357. The maximum atomic E-state index is 13.8. The Morgan fingerprint density at radius 3 is 2.40 bits per heavy atom. The van der Waals surface area contributed by atoms with Crippen molar-refractivity contribution in [1.82, 2.24) is 9.78 Å². The number of ether oxygens (including phenoxy) is 1. The van der Waals surface area contributed by atoms with Crippen LogP contribution >= 0.6 is 0 Å². The molecule has 2 aromatic carbocycles. The molecule has 3 unspecified atom stereocenters. The van der Waals surface area contributed by atoms with Crippen LogP contribution in [0.15, 0.2) is 48.5 Å². The van der Waals surface area contributed by atoms with Crippen LogP contribution in [0.4, 0.5) is 4.39 Å². The SMILES string of the molecule is COc1ccc(-c2c3c(nn2C(=O)c2ccc(F)cc2)C2C(C)(C)C4CCC2(C4)C(C)(C)C3)cc1. The van der Waals surface area contributed by atoms with E-state index in [1.54, 1.807) is 23.9 Å². The van der Waals surface area contributed by atoms with Crippen LogP contribution in [-0.4, -0.2) is 22.8 Å². The fraction of sp³-hybridized carbons (Fsp3) is 0.467. The smallest absolute Gasteiger partial charge is 0.278 e. The summed E-state index contributed by atoms with van der Waals surface area (Å²) in [5, 5.41) is 5.13. The average Bonchev–Trinajstić information content (AvgIpc) is 3.49. The van der Waals surface area contributed by atoms with Gasteiger partial charge in [-0.15, -0.1) is 0 Å². The number of rotatable bonds is 3. The van der Waals surface area contributed by atoms with Crippen LogP contribution in [0, 0.1) is 28.0 Å². The summed E-state index contributed by atoms with van der Waals surface area (Å²) < 4.78 is 20.6. The Morgan fingerprint density at radius 2 is 1.74 bits per heavy atom. The van der Waals surface area contributed by atoms with Crippen molar-refractivity contribution in [3.8, 4) is 17.0 Å². The third-order valence-corrected chi connectivity index (χ3v) is 9.80. The van der Waals surface area contributed by atoms with Gasteiger partial charge in [-0.05, 0) is 96.4 Å². The lowest BCUT2D eigenvalue weighted by atomic mass is 9.49. The summed E-state index contributed by atoms with van der Waals surface area (Å²) >= 11 is 0. The Kier molecular flexibility index (Phi) is 4.68. The van der Waals surface area contributed by atoms with Crippen LogP contribution in [-0.2, 0) is 6.42 Å². The van der Waals surface area contributed by atoms with Gasteiger partial charge >= 0.3 is 0 Å². The predicted molar refractivity (Wildman–Crippen MR) is 134 cm³/mol. The molecule has 2 fully saturated rings. The van der Waals surface area contributed by atoms with E-state index in [9.17, 15) is 9.18 Å². The minimum absolute atomic E-state index is 0.0984. The standard InChI is InChI=1S/C30H33FN2O2/c1-28(2)17-23-24(26-29(3,4)20-14-15-30(26,28)16-20)32-33(27(34)19-6-10-21(31)11-7-19)25(23)18-8-12-22(35-5)13-9-18/h6-13,20,26H,14-17H2,1-5H3. The van der Waals surface area contributed by atoms with Gasteiger partial charge in [0.2, 0.25) is 0 Å². The molecule has 0 aliphatic heterocycles. The Morgan fingerprint density at radius 1 is 1.06 bits per heavy atom. The van der Waals surface area contributed by atoms with Gasteiger partial charge in [-0.25, -0.2) is 4.39 Å². The van der Waals surface area contributed by atoms with Crippen LogP contribution in [0.2, 0.25) is 0 Å². The third kappa shape index (κ3) is 2.96. The van der Waals surface area contributed by atoms with Gasteiger partial charge in [0.25, 0.3) is 5.91 Å². The first-order valence-electron chi connectivity index (χ1n) is 12.7. The second kappa shape index (κ2) is 7.28. The van der Waals surface area contributed by atoms with Gasteiger partial charge in [0.15, 0.2) is 0 Å². The van der Waals surface area contributed by atoms with E-state index in [4.69, 9.17) is 9.84 Å². The summed E-state index contributed by atoms with van der Waals surface area (Å²) in [6.45, 7) is 9.65. The topological polar surface area (TPSA) is 44.1 Å². The minimum Gasteiger partial charge on any atom is -0.497 e. The maximum Gasteiger partial charge on any atom is 0.278 e. The number of methoxy groups -OCH3 is 1. The van der Waals surface area contributed by atoms with Crippen LogP contribution in [0.3, 0.4) is 0 Å². The number of hydrogen-bond donors (Lipinski definition) is 0. The molecule has 3 aliphatic carbocycles. The number of carbonyl (C=O) groups excluding carboxylic acids is 1. The summed E-state index contributed by atoms with van der Waals surface area (Å²) in [5.74, 6) is 1.18. The lowest BCUT2D eigenvalue weighted by Crippen LogP contribution is -2.48. The first-order valence-corrected chi connectivity index (χ1v) is 12.7. The molecular weight excluding hydrogens is 439 g/mol. The molecule has 2 saturated carbocycles. The van der Waals surface area contributed by atoms with Crippen molar-refractivity contribution in [2.24, 2.45) is 22.2 Å². The number of hydrogen-bond acceptors (Lipinski definition) is 3. The first-order chi connectivity index (χ1) is 16.6. The molecule has 3 atom stereocenters. The van der Waals surface area contributed by atoms with Crippen molar-refractivity contribution in [2.75, 3.05) is 7.11 Å². The van der Waals surface area contributed by atoms with E-state index in [0.29, 0.717) is 17.4 Å². The summed E-state index contributed by atoms with van der Waals surface area (Å²) in [7, 11) is 1.65. The van der Waals surface area contributed by atoms with E-state index in [0.717, 1.165) is 29.1 Å². The van der Waals surface area contributed by atoms with Crippen LogP contribution in [0.1, 0.15) is 74.5 Å². The van der Waals surface area contributed by atoms with Gasteiger partial charge in [0.1, 0.15) is 11.6 Å². The van der Waals surface area contributed by atoms with E-state index in [-0.39, 0.29) is 28.0 Å². The molecule has 35 heavy (non-hydrogen) atoms. The van der Waals surface area contributed by atoms with Crippen molar-refractivity contribution >= 4 is 5.91 Å². The summed E-state index contributed by atoms with van der Waals surface area (Å²) in [5.41, 5.74) is 4.96. The zero-order valence-corrected chi connectivity index (χ0v) is 21.2. The Balaban J connectivity index is 1.60. The van der Waals surface area contributed by atoms with E-state index in [2.05, 4.69) is 27.7 Å². The fourth-order valence-electron chi connectivity index (χ4n) is 7.94. The van der Waals surface area contributed by atoms with Crippen molar-refractivity contribution in [1.29, 1.82) is 0 Å². The highest BCUT2D eigenvalue weighted by atomic mass is 19.1. The quantitative estimate of drug-likeness (QED) is 0.417. The van der Waals surface area contributed by atoms with E-state index in [1.165, 1.54) is 37.0 Å². The van der Waals surface area contributed by atoms with Crippen LogP contribution < -0.4 is 4.74 Å². The molecular formula is C30H33FN2O2. The van der Waals surface area contributed by atoms with Crippen molar-refractivity contribution in [3.05, 3.63) is 71.2 Å². The van der Waals surface area contributed by atoms with Crippen molar-refractivity contribution in [3.63, 3.8) is 0 Å². The van der Waals surface area contributed by atoms with Gasteiger partial charge in [0, 0.05) is 22.6 Å². The van der Waals surface area contributed by atoms with Crippen LogP contribution in [0.25, 0.3) is 11.3 Å². The van der Waals surface area contributed by atoms with E-state index in [1.807, 2.05) is 24.3 Å². The number of aromatic nitrogens is 2. The normalized spacial score (nSPS) is 27.4. The average molecular weight is 473 g/mol.